The SMILES string of the molecule is NS(=O)(=O)c1ccccc1C(=O)Nc1ccc(Oc2ccc(NC(=O)C3CCCCC3C(=O)O)cc2)cc1. The maximum absolute atomic E-state index is 12.7. The Balaban J connectivity index is 1.35. The summed E-state index contributed by atoms with van der Waals surface area (Å²) in [6.07, 6.45) is 2.71. The highest BCUT2D eigenvalue weighted by atomic mass is 32.2. The van der Waals surface area contributed by atoms with Crippen molar-refractivity contribution >= 4 is 39.2 Å². The number of rotatable bonds is 8. The van der Waals surface area contributed by atoms with E-state index in [-0.39, 0.29) is 16.4 Å². The third-order valence-corrected chi connectivity index (χ3v) is 7.30. The van der Waals surface area contributed by atoms with E-state index in [1.165, 1.54) is 18.2 Å². The molecule has 1 aliphatic rings. The molecule has 1 fully saturated rings. The molecule has 1 saturated carbocycles. The Bertz CT molecular complexity index is 1440. The summed E-state index contributed by atoms with van der Waals surface area (Å²) >= 11 is 0. The fourth-order valence-corrected chi connectivity index (χ4v) is 5.16. The molecule has 11 heteroatoms. The molecule has 38 heavy (non-hydrogen) atoms. The molecule has 0 heterocycles. The Morgan fingerprint density at radius 3 is 1.87 bits per heavy atom. The van der Waals surface area contributed by atoms with Crippen molar-refractivity contribution in [2.24, 2.45) is 17.0 Å². The first-order chi connectivity index (χ1) is 18.1. The molecule has 0 bridgehead atoms. The highest BCUT2D eigenvalue weighted by Crippen LogP contribution is 2.32. The van der Waals surface area contributed by atoms with Gasteiger partial charge in [0.25, 0.3) is 5.91 Å². The number of primary sulfonamides is 1. The van der Waals surface area contributed by atoms with Crippen molar-refractivity contribution in [2.45, 2.75) is 30.6 Å². The number of aliphatic carboxylic acids is 1. The number of nitrogens with one attached hydrogen (secondary N) is 2. The van der Waals surface area contributed by atoms with E-state index >= 15 is 0 Å². The van der Waals surface area contributed by atoms with Crippen molar-refractivity contribution < 1.29 is 32.6 Å². The van der Waals surface area contributed by atoms with Crippen molar-refractivity contribution in [1.82, 2.24) is 0 Å². The maximum atomic E-state index is 12.7. The van der Waals surface area contributed by atoms with E-state index in [9.17, 15) is 27.9 Å². The van der Waals surface area contributed by atoms with Crippen LogP contribution in [0.5, 0.6) is 11.5 Å². The van der Waals surface area contributed by atoms with Gasteiger partial charge < -0.3 is 20.5 Å². The molecule has 0 spiro atoms. The van der Waals surface area contributed by atoms with Gasteiger partial charge in [-0.2, -0.15) is 0 Å². The topological polar surface area (TPSA) is 165 Å². The second-order valence-corrected chi connectivity index (χ2v) is 10.5. The normalized spacial score (nSPS) is 17.3. The number of nitrogens with two attached hydrogens (primary N) is 1. The van der Waals surface area contributed by atoms with Crippen LogP contribution in [0.15, 0.2) is 77.7 Å². The molecule has 0 saturated heterocycles. The van der Waals surface area contributed by atoms with Gasteiger partial charge in [-0.15, -0.1) is 0 Å². The average molecular weight is 538 g/mol. The van der Waals surface area contributed by atoms with Crippen molar-refractivity contribution in [1.29, 1.82) is 0 Å². The first-order valence-electron chi connectivity index (χ1n) is 12.0. The fourth-order valence-electron chi connectivity index (χ4n) is 4.42. The summed E-state index contributed by atoms with van der Waals surface area (Å²) in [6, 6.07) is 18.8. The lowest BCUT2D eigenvalue weighted by Crippen LogP contribution is -2.36. The summed E-state index contributed by atoms with van der Waals surface area (Å²) in [5.41, 5.74) is 0.895. The minimum absolute atomic E-state index is 0.0653. The molecule has 10 nitrogen and oxygen atoms in total. The monoisotopic (exact) mass is 537 g/mol. The van der Waals surface area contributed by atoms with E-state index in [0.29, 0.717) is 35.7 Å². The zero-order valence-corrected chi connectivity index (χ0v) is 21.1. The Hall–Kier alpha value is -4.22. The largest absolute Gasteiger partial charge is 0.481 e. The molecule has 0 radical (unpaired) electrons. The van der Waals surface area contributed by atoms with Gasteiger partial charge in [-0.05, 0) is 73.5 Å². The minimum Gasteiger partial charge on any atom is -0.481 e. The first kappa shape index (κ1) is 26.8. The predicted molar refractivity (Wildman–Crippen MR) is 140 cm³/mol. The van der Waals surface area contributed by atoms with E-state index in [1.54, 1.807) is 54.6 Å². The van der Waals surface area contributed by atoms with E-state index in [4.69, 9.17) is 9.88 Å². The summed E-state index contributed by atoms with van der Waals surface area (Å²) in [4.78, 5) is 36.5. The van der Waals surface area contributed by atoms with Crippen LogP contribution in [0.3, 0.4) is 0 Å². The van der Waals surface area contributed by atoms with Crippen LogP contribution in [0.25, 0.3) is 0 Å². The second-order valence-electron chi connectivity index (χ2n) is 8.97. The summed E-state index contributed by atoms with van der Waals surface area (Å²) in [5.74, 6) is -2.09. The molecule has 4 rings (SSSR count). The third-order valence-electron chi connectivity index (χ3n) is 6.33. The third kappa shape index (κ3) is 6.55. The van der Waals surface area contributed by atoms with E-state index < -0.39 is 33.7 Å². The average Bonchev–Trinajstić information content (AvgIpc) is 2.90. The van der Waals surface area contributed by atoms with Gasteiger partial charge >= 0.3 is 5.97 Å². The van der Waals surface area contributed by atoms with Crippen LogP contribution in [0, 0.1) is 11.8 Å². The van der Waals surface area contributed by atoms with Gasteiger partial charge in [-0.25, -0.2) is 13.6 Å². The Kier molecular flexibility index (Phi) is 8.08. The molecule has 0 aromatic heterocycles. The number of carbonyl (C=O) groups excluding carboxylic acids is 2. The van der Waals surface area contributed by atoms with Crippen LogP contribution in [0.1, 0.15) is 36.0 Å². The number of benzene rings is 3. The highest BCUT2D eigenvalue weighted by molar-refractivity contribution is 7.89. The molecule has 3 aromatic rings. The zero-order chi connectivity index (χ0) is 27.3. The lowest BCUT2D eigenvalue weighted by atomic mass is 9.78. The molecule has 3 aromatic carbocycles. The van der Waals surface area contributed by atoms with Crippen molar-refractivity contribution in [3.05, 3.63) is 78.4 Å². The quantitative estimate of drug-likeness (QED) is 0.334. The van der Waals surface area contributed by atoms with Gasteiger partial charge in [-0.3, -0.25) is 14.4 Å². The van der Waals surface area contributed by atoms with Crippen LogP contribution in [-0.2, 0) is 19.6 Å². The van der Waals surface area contributed by atoms with Gasteiger partial charge in [0.05, 0.1) is 22.3 Å². The summed E-state index contributed by atoms with van der Waals surface area (Å²) in [5, 5.41) is 20.0. The van der Waals surface area contributed by atoms with E-state index in [1.807, 2.05) is 0 Å². The van der Waals surface area contributed by atoms with Gasteiger partial charge in [0.15, 0.2) is 0 Å². The van der Waals surface area contributed by atoms with E-state index in [0.717, 1.165) is 12.8 Å². The number of amides is 2. The smallest absolute Gasteiger partial charge is 0.307 e. The number of carboxylic acids is 1. The van der Waals surface area contributed by atoms with Crippen molar-refractivity contribution in [3.63, 3.8) is 0 Å². The lowest BCUT2D eigenvalue weighted by Gasteiger charge is -2.27. The minimum atomic E-state index is -4.06. The summed E-state index contributed by atoms with van der Waals surface area (Å²) in [6.45, 7) is 0. The Morgan fingerprint density at radius 2 is 1.32 bits per heavy atom. The van der Waals surface area contributed by atoms with Crippen LogP contribution in [0.2, 0.25) is 0 Å². The van der Waals surface area contributed by atoms with Crippen molar-refractivity contribution in [3.8, 4) is 11.5 Å². The zero-order valence-electron chi connectivity index (χ0n) is 20.3. The van der Waals surface area contributed by atoms with Gasteiger partial charge in [0, 0.05) is 11.4 Å². The number of carboxylic acid groups (broad SMARTS) is 1. The number of ether oxygens (including phenoxy) is 1. The number of hydrogen-bond acceptors (Lipinski definition) is 6. The molecule has 5 N–H and O–H groups in total. The van der Waals surface area contributed by atoms with E-state index in [2.05, 4.69) is 10.6 Å². The lowest BCUT2D eigenvalue weighted by molar-refractivity contribution is -0.147. The highest BCUT2D eigenvalue weighted by Gasteiger charge is 2.35. The summed E-state index contributed by atoms with van der Waals surface area (Å²) < 4.78 is 29.3. The van der Waals surface area contributed by atoms with Crippen LogP contribution < -0.4 is 20.5 Å². The Labute approximate surface area is 219 Å². The molecule has 1 aliphatic carbocycles. The predicted octanol–water partition coefficient (Wildman–Crippen LogP) is 4.21. The molecular weight excluding hydrogens is 510 g/mol. The molecular formula is C27H27N3O7S. The standard InChI is InChI=1S/C27H27N3O7S/c28-38(35,36)24-8-4-3-7-23(24)26(32)30-18-11-15-20(16-12-18)37-19-13-9-17(10-14-19)29-25(31)21-5-1-2-6-22(21)27(33)34/h3-4,7-16,21-22H,1-2,5-6H2,(H,29,31)(H,30,32)(H,33,34)(H2,28,35,36). The van der Waals surface area contributed by atoms with Crippen LogP contribution >= 0.6 is 0 Å². The number of sulfonamides is 1. The summed E-state index contributed by atoms with van der Waals surface area (Å²) in [7, 11) is -4.06. The first-order valence-corrected chi connectivity index (χ1v) is 13.5. The molecule has 2 atom stereocenters. The second kappa shape index (κ2) is 11.4. The molecule has 0 aliphatic heterocycles. The van der Waals surface area contributed by atoms with Gasteiger partial charge in [0.1, 0.15) is 11.5 Å². The molecule has 2 unspecified atom stereocenters. The maximum Gasteiger partial charge on any atom is 0.307 e. The number of hydrogen-bond donors (Lipinski definition) is 4. The van der Waals surface area contributed by atoms with Gasteiger partial charge in [-0.1, -0.05) is 25.0 Å². The molecule has 198 valence electrons. The number of anilines is 2. The van der Waals surface area contributed by atoms with Crippen LogP contribution in [-0.4, -0.2) is 31.3 Å². The number of carbonyl (C=O) groups is 3. The van der Waals surface area contributed by atoms with Crippen molar-refractivity contribution in [2.75, 3.05) is 10.6 Å². The molecule has 2 amide bonds. The van der Waals surface area contributed by atoms with Gasteiger partial charge in [0.2, 0.25) is 15.9 Å². The Morgan fingerprint density at radius 1 is 0.789 bits per heavy atom. The fraction of sp³-hybridized carbons (Fsp3) is 0.222. The van der Waals surface area contributed by atoms with Crippen LogP contribution in [0.4, 0.5) is 11.4 Å².